The van der Waals surface area contributed by atoms with E-state index in [4.69, 9.17) is 9.84 Å². The smallest absolute Gasteiger partial charge is 0.344 e. The van der Waals surface area contributed by atoms with E-state index in [1.807, 2.05) is 6.92 Å². The van der Waals surface area contributed by atoms with E-state index >= 15 is 0 Å². The van der Waals surface area contributed by atoms with Gasteiger partial charge in [0.05, 0.1) is 4.90 Å². The zero-order chi connectivity index (χ0) is 14.5. The number of unbranched alkanes of at least 4 members (excludes halogenated alkanes) is 1. The molecule has 0 heterocycles. The molecular weight excluding hydrogens is 268 g/mol. The van der Waals surface area contributed by atoms with Gasteiger partial charge in [0.2, 0.25) is 0 Å². The molecule has 0 saturated carbocycles. The van der Waals surface area contributed by atoms with Crippen molar-refractivity contribution in [3.05, 3.63) is 24.3 Å². The second-order valence-electron chi connectivity index (χ2n) is 4.33. The third-order valence-corrected chi connectivity index (χ3v) is 3.72. The Kier molecular flexibility index (Phi) is 5.35. The monoisotopic (exact) mass is 286 g/mol. The number of hydrogen-bond donors (Lipinski definition) is 1. The van der Waals surface area contributed by atoms with Crippen molar-refractivity contribution in [3.8, 4) is 5.75 Å². The van der Waals surface area contributed by atoms with Gasteiger partial charge in [0.25, 0.3) is 0 Å². The average molecular weight is 286 g/mol. The molecule has 0 saturated heterocycles. The maximum atomic E-state index is 11.4. The van der Waals surface area contributed by atoms with E-state index < -0.39 is 21.9 Å². The molecule has 19 heavy (non-hydrogen) atoms. The lowest BCUT2D eigenvalue weighted by atomic mass is 10.1. The second-order valence-corrected chi connectivity index (χ2v) is 6.35. The summed E-state index contributed by atoms with van der Waals surface area (Å²) in [5.74, 6) is -0.787. The Morgan fingerprint density at radius 1 is 1.42 bits per heavy atom. The van der Waals surface area contributed by atoms with Crippen LogP contribution in [0.25, 0.3) is 0 Å². The number of rotatable bonds is 7. The van der Waals surface area contributed by atoms with Crippen LogP contribution in [0.15, 0.2) is 29.2 Å². The molecule has 1 aromatic carbocycles. The Labute approximate surface area is 113 Å². The summed E-state index contributed by atoms with van der Waals surface area (Å²) in [4.78, 5) is 11.2. The van der Waals surface area contributed by atoms with Crippen LogP contribution >= 0.6 is 0 Å². The number of benzene rings is 1. The largest absolute Gasteiger partial charge is 0.479 e. The number of carboxylic acids is 1. The SMILES string of the molecule is CCCCC(Oc1cccc(S(C)(=O)=O)c1)C(=O)O. The lowest BCUT2D eigenvalue weighted by Crippen LogP contribution is -2.26. The Balaban J connectivity index is 2.88. The van der Waals surface area contributed by atoms with Crippen LogP contribution in [0.1, 0.15) is 26.2 Å². The lowest BCUT2D eigenvalue weighted by molar-refractivity contribution is -0.145. The standard InChI is InChI=1S/C13H18O5S/c1-3-4-8-12(13(14)15)18-10-6-5-7-11(9-10)19(2,16)17/h5-7,9,12H,3-4,8H2,1-2H3,(H,14,15). The summed E-state index contributed by atoms with van der Waals surface area (Å²) in [5, 5.41) is 9.05. The summed E-state index contributed by atoms with van der Waals surface area (Å²) in [6.45, 7) is 1.96. The predicted molar refractivity (Wildman–Crippen MR) is 71.1 cm³/mol. The van der Waals surface area contributed by atoms with E-state index in [1.54, 1.807) is 6.07 Å². The van der Waals surface area contributed by atoms with Crippen LogP contribution in [0, 0.1) is 0 Å². The van der Waals surface area contributed by atoms with Gasteiger partial charge in [-0.1, -0.05) is 19.4 Å². The Morgan fingerprint density at radius 2 is 2.11 bits per heavy atom. The lowest BCUT2D eigenvalue weighted by Gasteiger charge is -2.15. The molecule has 1 atom stereocenters. The first-order valence-corrected chi connectivity index (χ1v) is 7.93. The Bertz CT molecular complexity index is 536. The minimum Gasteiger partial charge on any atom is -0.479 e. The van der Waals surface area contributed by atoms with Crippen molar-refractivity contribution in [3.63, 3.8) is 0 Å². The summed E-state index contributed by atoms with van der Waals surface area (Å²) >= 11 is 0. The van der Waals surface area contributed by atoms with Crippen molar-refractivity contribution in [2.24, 2.45) is 0 Å². The summed E-state index contributed by atoms with van der Waals surface area (Å²) in [5.41, 5.74) is 0. The first kappa shape index (κ1) is 15.5. The summed E-state index contributed by atoms with van der Waals surface area (Å²) in [7, 11) is -3.33. The van der Waals surface area contributed by atoms with Crippen molar-refractivity contribution in [2.75, 3.05) is 6.26 Å². The van der Waals surface area contributed by atoms with Crippen LogP contribution in [0.3, 0.4) is 0 Å². The highest BCUT2D eigenvalue weighted by atomic mass is 32.2. The van der Waals surface area contributed by atoms with Crippen molar-refractivity contribution in [1.82, 2.24) is 0 Å². The van der Waals surface area contributed by atoms with Gasteiger partial charge in [-0.25, -0.2) is 13.2 Å². The number of ether oxygens (including phenoxy) is 1. The van der Waals surface area contributed by atoms with E-state index in [9.17, 15) is 13.2 Å². The van der Waals surface area contributed by atoms with Gasteiger partial charge in [0, 0.05) is 6.26 Å². The van der Waals surface area contributed by atoms with Crippen molar-refractivity contribution in [2.45, 2.75) is 37.2 Å². The molecule has 0 aliphatic rings. The molecule has 0 fully saturated rings. The topological polar surface area (TPSA) is 80.7 Å². The van der Waals surface area contributed by atoms with E-state index in [0.29, 0.717) is 6.42 Å². The van der Waals surface area contributed by atoms with Crippen molar-refractivity contribution < 1.29 is 23.1 Å². The first-order valence-electron chi connectivity index (χ1n) is 6.04. The molecule has 0 aliphatic heterocycles. The van der Waals surface area contributed by atoms with Gasteiger partial charge in [-0.2, -0.15) is 0 Å². The Morgan fingerprint density at radius 3 is 2.63 bits per heavy atom. The fourth-order valence-electron chi connectivity index (χ4n) is 1.56. The third-order valence-electron chi connectivity index (χ3n) is 2.61. The minimum atomic E-state index is -3.33. The zero-order valence-electron chi connectivity index (χ0n) is 11.0. The highest BCUT2D eigenvalue weighted by Gasteiger charge is 2.19. The molecule has 0 amide bonds. The van der Waals surface area contributed by atoms with E-state index in [1.165, 1.54) is 18.2 Å². The third kappa shape index (κ3) is 4.90. The molecule has 1 rings (SSSR count). The Hall–Kier alpha value is -1.56. The molecule has 0 bridgehead atoms. The molecule has 0 aromatic heterocycles. The number of carboxylic acid groups (broad SMARTS) is 1. The minimum absolute atomic E-state index is 0.115. The van der Waals surface area contributed by atoms with Gasteiger partial charge in [-0.05, 0) is 31.0 Å². The second kappa shape index (κ2) is 6.56. The number of aliphatic carboxylic acids is 1. The van der Waals surface area contributed by atoms with Crippen LogP contribution in [-0.2, 0) is 14.6 Å². The van der Waals surface area contributed by atoms with Crippen LogP contribution in [0.5, 0.6) is 5.75 Å². The molecular formula is C13H18O5S. The summed E-state index contributed by atoms with van der Waals surface area (Å²) in [6.07, 6.45) is 2.15. The molecule has 6 heteroatoms. The van der Waals surface area contributed by atoms with Gasteiger partial charge in [0.15, 0.2) is 15.9 Å². The fraction of sp³-hybridized carbons (Fsp3) is 0.462. The quantitative estimate of drug-likeness (QED) is 0.830. The molecule has 1 aromatic rings. The maximum Gasteiger partial charge on any atom is 0.344 e. The fourth-order valence-corrected chi connectivity index (χ4v) is 2.22. The van der Waals surface area contributed by atoms with Gasteiger partial charge in [-0.15, -0.1) is 0 Å². The van der Waals surface area contributed by atoms with E-state index in [2.05, 4.69) is 0 Å². The molecule has 5 nitrogen and oxygen atoms in total. The van der Waals surface area contributed by atoms with Crippen LogP contribution in [0.4, 0.5) is 0 Å². The van der Waals surface area contributed by atoms with Gasteiger partial charge in [-0.3, -0.25) is 0 Å². The van der Waals surface area contributed by atoms with E-state index in [0.717, 1.165) is 19.1 Å². The first-order chi connectivity index (χ1) is 8.84. The van der Waals surface area contributed by atoms with Crippen LogP contribution in [0.2, 0.25) is 0 Å². The zero-order valence-corrected chi connectivity index (χ0v) is 11.8. The van der Waals surface area contributed by atoms with Crippen molar-refractivity contribution >= 4 is 15.8 Å². The molecule has 0 spiro atoms. The highest BCUT2D eigenvalue weighted by molar-refractivity contribution is 7.90. The normalized spacial score (nSPS) is 12.9. The highest BCUT2D eigenvalue weighted by Crippen LogP contribution is 2.20. The van der Waals surface area contributed by atoms with Crippen LogP contribution < -0.4 is 4.74 Å². The number of hydrogen-bond acceptors (Lipinski definition) is 4. The van der Waals surface area contributed by atoms with Crippen LogP contribution in [-0.4, -0.2) is 31.9 Å². The van der Waals surface area contributed by atoms with Crippen molar-refractivity contribution in [1.29, 1.82) is 0 Å². The summed E-state index contributed by atoms with van der Waals surface area (Å²) < 4.78 is 28.2. The molecule has 106 valence electrons. The van der Waals surface area contributed by atoms with E-state index in [-0.39, 0.29) is 10.6 Å². The van der Waals surface area contributed by atoms with Gasteiger partial charge in [0.1, 0.15) is 5.75 Å². The van der Waals surface area contributed by atoms with Gasteiger partial charge >= 0.3 is 5.97 Å². The maximum absolute atomic E-state index is 11.4. The molecule has 1 N–H and O–H groups in total. The van der Waals surface area contributed by atoms with Gasteiger partial charge < -0.3 is 9.84 Å². The molecule has 0 aliphatic carbocycles. The average Bonchev–Trinajstić information content (AvgIpc) is 2.33. The summed E-state index contributed by atoms with van der Waals surface area (Å²) in [6, 6.07) is 5.88. The molecule has 0 radical (unpaired) electrons. The number of sulfone groups is 1. The predicted octanol–water partition coefficient (Wildman–Crippen LogP) is 2.11. The molecule has 1 unspecified atom stereocenters. The number of carbonyl (C=O) groups is 1.